The van der Waals surface area contributed by atoms with Gasteiger partial charge in [-0.15, -0.1) is 0 Å². The van der Waals surface area contributed by atoms with Crippen LogP contribution in [0.25, 0.3) is 10.9 Å². The molecule has 4 aromatic rings. The summed E-state index contributed by atoms with van der Waals surface area (Å²) in [6.45, 7) is 0. The van der Waals surface area contributed by atoms with Gasteiger partial charge in [0.05, 0.1) is 0 Å². The molecule has 140 valence electrons. The Balaban J connectivity index is 1.92. The van der Waals surface area contributed by atoms with Crippen LogP contribution in [-0.4, -0.2) is 0 Å². The lowest BCUT2D eigenvalue weighted by Crippen LogP contribution is -2.15. The van der Waals surface area contributed by atoms with Crippen molar-refractivity contribution in [2.24, 2.45) is 0 Å². The molecule has 0 amide bonds. The molecule has 0 aromatic heterocycles. The molecule has 1 unspecified atom stereocenters. The zero-order valence-corrected chi connectivity index (χ0v) is 17.3. The van der Waals surface area contributed by atoms with Gasteiger partial charge < -0.3 is 4.57 Å². The van der Waals surface area contributed by atoms with E-state index in [9.17, 15) is 4.57 Å². The topological polar surface area (TPSA) is 17.1 Å². The van der Waals surface area contributed by atoms with Crippen LogP contribution in [0.4, 0.5) is 0 Å². The molecule has 1 heterocycles. The maximum Gasteiger partial charge on any atom is 0.172 e. The van der Waals surface area contributed by atoms with E-state index < -0.39 is 7.14 Å². The molecule has 4 aromatic carbocycles. The molecule has 0 aliphatic carbocycles. The summed E-state index contributed by atoms with van der Waals surface area (Å²) in [4.78, 5) is 0. The molecule has 0 fully saturated rings. The first kappa shape index (κ1) is 18.2. The smallest absolute Gasteiger partial charge is 0.172 e. The highest BCUT2D eigenvalue weighted by molar-refractivity contribution is 7.88. The van der Waals surface area contributed by atoms with Crippen molar-refractivity contribution in [2.45, 2.75) is 0 Å². The minimum Gasteiger partial charge on any atom is -0.309 e. The van der Waals surface area contributed by atoms with E-state index in [1.54, 1.807) is 0 Å². The van der Waals surface area contributed by atoms with Crippen molar-refractivity contribution < 1.29 is 4.57 Å². The summed E-state index contributed by atoms with van der Waals surface area (Å²) in [6.07, 6.45) is 0. The minimum atomic E-state index is -3.04. The molecule has 5 rings (SSSR count). The molecule has 0 bridgehead atoms. The quantitative estimate of drug-likeness (QED) is 0.347. The Hall–Kier alpha value is -2.86. The lowest BCUT2D eigenvalue weighted by molar-refractivity contribution is 0.593. The van der Waals surface area contributed by atoms with E-state index in [2.05, 4.69) is 18.2 Å². The molecule has 0 spiro atoms. The minimum absolute atomic E-state index is 0.667. The predicted molar refractivity (Wildman–Crippen MR) is 124 cm³/mol. The highest BCUT2D eigenvalue weighted by Crippen LogP contribution is 2.65. The summed E-state index contributed by atoms with van der Waals surface area (Å²) in [5.74, 6) is 0. The van der Waals surface area contributed by atoms with Crippen LogP contribution in [0.5, 0.6) is 0 Å². The van der Waals surface area contributed by atoms with Crippen LogP contribution in [0, 0.1) is 0 Å². The Morgan fingerprint density at radius 2 is 1.17 bits per heavy atom. The van der Waals surface area contributed by atoms with Crippen LogP contribution in [0.1, 0.15) is 16.7 Å². The first-order chi connectivity index (χ1) is 14.2. The van der Waals surface area contributed by atoms with Crippen molar-refractivity contribution >= 4 is 40.2 Å². The summed E-state index contributed by atoms with van der Waals surface area (Å²) < 4.78 is 14.9. The Kier molecular flexibility index (Phi) is 4.51. The van der Waals surface area contributed by atoms with Gasteiger partial charge in [-0.3, -0.25) is 0 Å². The Morgan fingerprint density at radius 1 is 0.586 bits per heavy atom. The van der Waals surface area contributed by atoms with Gasteiger partial charge in [0.2, 0.25) is 0 Å². The summed E-state index contributed by atoms with van der Waals surface area (Å²) in [6, 6.07) is 35.8. The first-order valence-corrected chi connectivity index (χ1v) is 11.6. The first-order valence-electron chi connectivity index (χ1n) is 9.51. The van der Waals surface area contributed by atoms with Crippen molar-refractivity contribution in [1.29, 1.82) is 0 Å². The molecule has 0 saturated carbocycles. The maximum atomic E-state index is 14.9. The number of halogens is 1. The molecular formula is C26H18ClOP. The summed E-state index contributed by atoms with van der Waals surface area (Å²) in [7, 11) is -3.04. The predicted octanol–water partition coefficient (Wildman–Crippen LogP) is 6.58. The van der Waals surface area contributed by atoms with Crippen molar-refractivity contribution in [3.8, 4) is 0 Å². The zero-order chi connectivity index (χ0) is 19.8. The largest absolute Gasteiger partial charge is 0.309 e. The van der Waals surface area contributed by atoms with Crippen molar-refractivity contribution in [3.05, 3.63) is 131 Å². The fourth-order valence-corrected chi connectivity index (χ4v) is 7.50. The summed E-state index contributed by atoms with van der Waals surface area (Å²) in [5.41, 5.74) is 4.08. The average molecular weight is 413 g/mol. The van der Waals surface area contributed by atoms with Gasteiger partial charge in [-0.05, 0) is 28.8 Å². The van der Waals surface area contributed by atoms with E-state index >= 15 is 0 Å². The van der Waals surface area contributed by atoms with E-state index in [0.717, 1.165) is 38.2 Å². The normalized spacial score (nSPS) is 18.0. The number of benzene rings is 4. The van der Waals surface area contributed by atoms with Gasteiger partial charge in [0, 0.05) is 26.5 Å². The van der Waals surface area contributed by atoms with Gasteiger partial charge in [-0.1, -0.05) is 109 Å². The SMILES string of the molecule is O=P1(c2ccccc2)C(c2ccc(Cl)cc2)=C(c2ccccc2)c2ccccc21. The highest BCUT2D eigenvalue weighted by atomic mass is 35.5. The van der Waals surface area contributed by atoms with Gasteiger partial charge in [-0.25, -0.2) is 0 Å². The second-order valence-corrected chi connectivity index (χ2v) is 10.2. The van der Waals surface area contributed by atoms with Crippen LogP contribution in [-0.2, 0) is 4.57 Å². The van der Waals surface area contributed by atoms with E-state index in [-0.39, 0.29) is 0 Å². The van der Waals surface area contributed by atoms with E-state index in [0.29, 0.717) is 5.02 Å². The lowest BCUT2D eigenvalue weighted by Gasteiger charge is -2.19. The summed E-state index contributed by atoms with van der Waals surface area (Å²) >= 11 is 6.16. The van der Waals surface area contributed by atoms with Crippen LogP contribution < -0.4 is 10.6 Å². The van der Waals surface area contributed by atoms with Crippen LogP contribution in [0.3, 0.4) is 0 Å². The number of rotatable bonds is 3. The van der Waals surface area contributed by atoms with Gasteiger partial charge in [0.1, 0.15) is 0 Å². The maximum absolute atomic E-state index is 14.9. The molecule has 0 saturated heterocycles. The van der Waals surface area contributed by atoms with Crippen LogP contribution >= 0.6 is 18.7 Å². The van der Waals surface area contributed by atoms with Gasteiger partial charge in [0.25, 0.3) is 0 Å². The van der Waals surface area contributed by atoms with Crippen molar-refractivity contribution in [2.75, 3.05) is 0 Å². The average Bonchev–Trinajstić information content (AvgIpc) is 3.06. The van der Waals surface area contributed by atoms with Crippen LogP contribution in [0.2, 0.25) is 5.02 Å². The third-order valence-electron chi connectivity index (χ3n) is 5.36. The number of fused-ring (bicyclic) bond motifs is 1. The molecular weight excluding hydrogens is 395 g/mol. The van der Waals surface area contributed by atoms with Crippen LogP contribution in [0.15, 0.2) is 109 Å². The third-order valence-corrected chi connectivity index (χ3v) is 8.82. The van der Waals surface area contributed by atoms with Gasteiger partial charge >= 0.3 is 0 Å². The monoisotopic (exact) mass is 412 g/mol. The Morgan fingerprint density at radius 3 is 1.86 bits per heavy atom. The number of hydrogen-bond donors (Lipinski definition) is 0. The van der Waals surface area contributed by atoms with E-state index in [1.165, 1.54) is 0 Å². The van der Waals surface area contributed by atoms with Crippen molar-refractivity contribution in [1.82, 2.24) is 0 Å². The highest BCUT2D eigenvalue weighted by Gasteiger charge is 2.43. The van der Waals surface area contributed by atoms with Gasteiger partial charge in [0.15, 0.2) is 7.14 Å². The molecule has 3 heteroatoms. The van der Waals surface area contributed by atoms with Gasteiger partial charge in [-0.2, -0.15) is 0 Å². The Bertz CT molecular complexity index is 1260. The summed E-state index contributed by atoms with van der Waals surface area (Å²) in [5, 5.41) is 3.30. The molecule has 1 atom stereocenters. The lowest BCUT2D eigenvalue weighted by atomic mass is 9.96. The second kappa shape index (κ2) is 7.19. The fraction of sp³-hybridized carbons (Fsp3) is 0. The number of hydrogen-bond acceptors (Lipinski definition) is 1. The van der Waals surface area contributed by atoms with E-state index in [1.807, 2.05) is 91.0 Å². The fourth-order valence-electron chi connectivity index (χ4n) is 4.10. The second-order valence-electron chi connectivity index (χ2n) is 7.06. The van der Waals surface area contributed by atoms with Crippen molar-refractivity contribution in [3.63, 3.8) is 0 Å². The zero-order valence-electron chi connectivity index (χ0n) is 15.6. The third kappa shape index (κ3) is 2.90. The molecule has 0 N–H and O–H groups in total. The standard InChI is InChI=1S/C26H18ClOP/c27-21-17-15-20(16-18-21)26-25(19-9-3-1-4-10-19)23-13-7-8-14-24(23)29(26,28)22-11-5-2-6-12-22/h1-18H. The van der Waals surface area contributed by atoms with E-state index in [4.69, 9.17) is 11.6 Å². The molecule has 29 heavy (non-hydrogen) atoms. The Labute approximate surface area is 175 Å². The molecule has 1 aliphatic heterocycles. The molecule has 1 aliphatic rings. The molecule has 0 radical (unpaired) electrons. The molecule has 1 nitrogen and oxygen atoms in total.